The van der Waals surface area contributed by atoms with Gasteiger partial charge in [-0.25, -0.2) is 5.43 Å². The second kappa shape index (κ2) is 6.33. The fraction of sp³-hybridized carbons (Fsp3) is 0.308. The van der Waals surface area contributed by atoms with E-state index < -0.39 is 0 Å². The van der Waals surface area contributed by atoms with Gasteiger partial charge in [-0.15, -0.1) is 0 Å². The van der Waals surface area contributed by atoms with Crippen molar-refractivity contribution in [1.82, 2.24) is 10.7 Å². The predicted molar refractivity (Wildman–Crippen MR) is 73.0 cm³/mol. The van der Waals surface area contributed by atoms with E-state index in [0.29, 0.717) is 30.1 Å². The van der Waals surface area contributed by atoms with Gasteiger partial charge in [-0.05, 0) is 24.1 Å². The lowest BCUT2D eigenvalue weighted by molar-refractivity contribution is -0.121. The van der Waals surface area contributed by atoms with Gasteiger partial charge in [0, 0.05) is 24.4 Å². The standard InChI is InChI=1S/C13H14ClN3O2/c14-10-3-1-9(2-4-10)7-8-15-13(19)11-5-6-12(18)17-16-11/h1-4H,5-8H2,(H,15,19)(H,17,18). The summed E-state index contributed by atoms with van der Waals surface area (Å²) >= 11 is 5.79. The minimum Gasteiger partial charge on any atom is -0.351 e. The maximum Gasteiger partial charge on any atom is 0.267 e. The molecule has 0 aromatic heterocycles. The van der Waals surface area contributed by atoms with Crippen LogP contribution in [0.2, 0.25) is 5.02 Å². The molecule has 0 aliphatic carbocycles. The maximum absolute atomic E-state index is 11.7. The third-order valence-corrected chi connectivity index (χ3v) is 3.03. The van der Waals surface area contributed by atoms with E-state index in [4.69, 9.17) is 11.6 Å². The van der Waals surface area contributed by atoms with Gasteiger partial charge in [0.05, 0.1) is 0 Å². The number of nitrogens with zero attached hydrogens (tertiary/aromatic N) is 1. The largest absolute Gasteiger partial charge is 0.351 e. The maximum atomic E-state index is 11.7. The zero-order chi connectivity index (χ0) is 13.7. The van der Waals surface area contributed by atoms with Crippen molar-refractivity contribution in [3.8, 4) is 0 Å². The Balaban J connectivity index is 1.78. The zero-order valence-electron chi connectivity index (χ0n) is 10.3. The number of halogens is 1. The van der Waals surface area contributed by atoms with Crippen LogP contribution in [0.15, 0.2) is 29.4 Å². The fourth-order valence-electron chi connectivity index (χ4n) is 1.71. The molecule has 0 radical (unpaired) electrons. The smallest absolute Gasteiger partial charge is 0.267 e. The van der Waals surface area contributed by atoms with Crippen LogP contribution in [0.1, 0.15) is 18.4 Å². The quantitative estimate of drug-likeness (QED) is 0.871. The zero-order valence-corrected chi connectivity index (χ0v) is 11.0. The van der Waals surface area contributed by atoms with Gasteiger partial charge < -0.3 is 5.32 Å². The first-order chi connectivity index (χ1) is 9.15. The van der Waals surface area contributed by atoms with Gasteiger partial charge in [-0.2, -0.15) is 5.10 Å². The first-order valence-electron chi connectivity index (χ1n) is 6.03. The van der Waals surface area contributed by atoms with E-state index in [1.54, 1.807) is 0 Å². The summed E-state index contributed by atoms with van der Waals surface area (Å²) in [5.74, 6) is -0.383. The number of amides is 2. The number of hydrogen-bond donors (Lipinski definition) is 2. The number of carbonyl (C=O) groups excluding carboxylic acids is 2. The number of benzene rings is 1. The summed E-state index contributed by atoms with van der Waals surface area (Å²) in [5.41, 5.74) is 3.77. The van der Waals surface area contributed by atoms with Gasteiger partial charge >= 0.3 is 0 Å². The fourth-order valence-corrected chi connectivity index (χ4v) is 1.84. The summed E-state index contributed by atoms with van der Waals surface area (Å²) in [4.78, 5) is 22.6. The summed E-state index contributed by atoms with van der Waals surface area (Å²) < 4.78 is 0. The molecule has 100 valence electrons. The summed E-state index contributed by atoms with van der Waals surface area (Å²) in [5, 5.41) is 7.21. The molecule has 1 aliphatic rings. The topological polar surface area (TPSA) is 70.6 Å². The lowest BCUT2D eigenvalue weighted by atomic mass is 10.1. The van der Waals surface area contributed by atoms with Crippen LogP contribution in [0, 0.1) is 0 Å². The minimum atomic E-state index is -0.228. The highest BCUT2D eigenvalue weighted by atomic mass is 35.5. The van der Waals surface area contributed by atoms with E-state index in [2.05, 4.69) is 15.8 Å². The molecular formula is C13H14ClN3O2. The summed E-state index contributed by atoms with van der Waals surface area (Å²) in [6.07, 6.45) is 1.42. The van der Waals surface area contributed by atoms with Crippen molar-refractivity contribution in [2.75, 3.05) is 6.54 Å². The van der Waals surface area contributed by atoms with Crippen molar-refractivity contribution in [3.63, 3.8) is 0 Å². The lowest BCUT2D eigenvalue weighted by Gasteiger charge is -2.11. The van der Waals surface area contributed by atoms with Crippen LogP contribution in [0.25, 0.3) is 0 Å². The number of carbonyl (C=O) groups is 2. The highest BCUT2D eigenvalue weighted by Crippen LogP contribution is 2.09. The highest BCUT2D eigenvalue weighted by Gasteiger charge is 2.17. The van der Waals surface area contributed by atoms with Gasteiger partial charge in [-0.1, -0.05) is 23.7 Å². The van der Waals surface area contributed by atoms with Crippen LogP contribution in [-0.4, -0.2) is 24.1 Å². The Morgan fingerprint density at radius 2 is 2.05 bits per heavy atom. The first-order valence-corrected chi connectivity index (χ1v) is 6.41. The molecule has 0 bridgehead atoms. The van der Waals surface area contributed by atoms with Gasteiger partial charge in [0.15, 0.2) is 0 Å². The summed E-state index contributed by atoms with van der Waals surface area (Å²) in [6, 6.07) is 7.48. The Kier molecular flexibility index (Phi) is 4.52. The Labute approximate surface area is 116 Å². The molecule has 0 saturated carbocycles. The van der Waals surface area contributed by atoms with E-state index in [9.17, 15) is 9.59 Å². The van der Waals surface area contributed by atoms with E-state index in [1.807, 2.05) is 24.3 Å². The molecule has 0 atom stereocenters. The number of hydrazone groups is 1. The molecule has 1 aromatic rings. The van der Waals surface area contributed by atoms with Crippen LogP contribution in [-0.2, 0) is 16.0 Å². The average Bonchev–Trinajstić information content (AvgIpc) is 2.41. The minimum absolute atomic E-state index is 0.155. The van der Waals surface area contributed by atoms with Gasteiger partial charge in [0.1, 0.15) is 5.71 Å². The molecule has 2 rings (SSSR count). The summed E-state index contributed by atoms with van der Waals surface area (Å²) in [6.45, 7) is 0.521. The van der Waals surface area contributed by atoms with Crippen molar-refractivity contribution < 1.29 is 9.59 Å². The Morgan fingerprint density at radius 1 is 1.32 bits per heavy atom. The van der Waals surface area contributed by atoms with Gasteiger partial charge in [0.25, 0.3) is 5.91 Å². The van der Waals surface area contributed by atoms with Crippen LogP contribution in [0.3, 0.4) is 0 Å². The molecule has 0 unspecified atom stereocenters. The van der Waals surface area contributed by atoms with Crippen molar-refractivity contribution in [1.29, 1.82) is 0 Å². The molecule has 1 aliphatic heterocycles. The van der Waals surface area contributed by atoms with E-state index in [-0.39, 0.29) is 11.8 Å². The van der Waals surface area contributed by atoms with E-state index in [1.165, 1.54) is 0 Å². The van der Waals surface area contributed by atoms with Crippen molar-refractivity contribution in [3.05, 3.63) is 34.9 Å². The van der Waals surface area contributed by atoms with Crippen molar-refractivity contribution >= 4 is 29.1 Å². The molecule has 0 saturated heterocycles. The van der Waals surface area contributed by atoms with Crippen molar-refractivity contribution in [2.24, 2.45) is 5.10 Å². The second-order valence-corrected chi connectivity index (χ2v) is 4.66. The summed E-state index contributed by atoms with van der Waals surface area (Å²) in [7, 11) is 0. The third-order valence-electron chi connectivity index (χ3n) is 2.78. The lowest BCUT2D eigenvalue weighted by Crippen LogP contribution is -2.37. The van der Waals surface area contributed by atoms with Gasteiger partial charge in [0.2, 0.25) is 5.91 Å². The highest BCUT2D eigenvalue weighted by molar-refractivity contribution is 6.39. The molecule has 2 N–H and O–H groups in total. The number of nitrogens with one attached hydrogen (secondary N) is 2. The van der Waals surface area contributed by atoms with E-state index in [0.717, 1.165) is 12.0 Å². The SMILES string of the molecule is O=C1CCC(C(=O)NCCc2ccc(Cl)cc2)=NN1. The van der Waals surface area contributed by atoms with Crippen LogP contribution >= 0.6 is 11.6 Å². The van der Waals surface area contributed by atoms with Crippen LogP contribution in [0.5, 0.6) is 0 Å². The molecular weight excluding hydrogens is 266 g/mol. The predicted octanol–water partition coefficient (Wildman–Crippen LogP) is 1.26. The number of rotatable bonds is 4. The molecule has 1 heterocycles. The first kappa shape index (κ1) is 13.5. The second-order valence-electron chi connectivity index (χ2n) is 4.23. The monoisotopic (exact) mass is 279 g/mol. The molecule has 0 fully saturated rings. The molecule has 2 amide bonds. The van der Waals surface area contributed by atoms with Gasteiger partial charge in [-0.3, -0.25) is 9.59 Å². The Bertz CT molecular complexity index is 511. The van der Waals surface area contributed by atoms with Crippen LogP contribution in [0.4, 0.5) is 0 Å². The Hall–Kier alpha value is -1.88. The van der Waals surface area contributed by atoms with E-state index >= 15 is 0 Å². The normalized spacial score (nSPS) is 14.6. The Morgan fingerprint density at radius 3 is 2.68 bits per heavy atom. The molecule has 0 spiro atoms. The average molecular weight is 280 g/mol. The number of hydrogen-bond acceptors (Lipinski definition) is 3. The third kappa shape index (κ3) is 4.06. The van der Waals surface area contributed by atoms with Crippen molar-refractivity contribution in [2.45, 2.75) is 19.3 Å². The molecule has 6 heteroatoms. The van der Waals surface area contributed by atoms with Crippen LogP contribution < -0.4 is 10.7 Å². The molecule has 1 aromatic carbocycles. The molecule has 19 heavy (non-hydrogen) atoms. The molecule has 5 nitrogen and oxygen atoms in total.